The summed E-state index contributed by atoms with van der Waals surface area (Å²) in [5, 5.41) is 3.78. The first-order valence-electron chi connectivity index (χ1n) is 7.33. The second-order valence-corrected chi connectivity index (χ2v) is 5.54. The Kier molecular flexibility index (Phi) is 5.26. The molecule has 3 heteroatoms. The first-order valence-corrected chi connectivity index (χ1v) is 7.33. The molecule has 1 aliphatic carbocycles. The van der Waals surface area contributed by atoms with E-state index < -0.39 is 0 Å². The van der Waals surface area contributed by atoms with Crippen molar-refractivity contribution in [2.75, 3.05) is 26.7 Å². The number of likely N-dealkylation sites (tertiary alicyclic amines) is 1. The van der Waals surface area contributed by atoms with Crippen LogP contribution in [-0.2, 0) is 4.74 Å². The van der Waals surface area contributed by atoms with Gasteiger partial charge in [0.1, 0.15) is 0 Å². The van der Waals surface area contributed by atoms with Gasteiger partial charge in [0.15, 0.2) is 0 Å². The zero-order valence-electron chi connectivity index (χ0n) is 11.5. The molecule has 0 amide bonds. The summed E-state index contributed by atoms with van der Waals surface area (Å²) < 4.78 is 5.42. The maximum absolute atomic E-state index is 5.42. The van der Waals surface area contributed by atoms with Gasteiger partial charge >= 0.3 is 0 Å². The number of nitrogens with one attached hydrogen (secondary N) is 1. The Morgan fingerprint density at radius 3 is 2.59 bits per heavy atom. The third-order valence-corrected chi connectivity index (χ3v) is 4.55. The second-order valence-electron chi connectivity index (χ2n) is 5.54. The molecule has 17 heavy (non-hydrogen) atoms. The maximum atomic E-state index is 5.42. The number of nitrogens with zero attached hydrogens (tertiary/aromatic N) is 1. The Bertz CT molecular complexity index is 214. The number of likely N-dealkylation sites (N-methyl/N-ethyl adjacent to an activating group) is 1. The van der Waals surface area contributed by atoms with Gasteiger partial charge in [-0.3, -0.25) is 4.90 Å². The van der Waals surface area contributed by atoms with E-state index >= 15 is 0 Å². The molecule has 2 rings (SSSR count). The first-order chi connectivity index (χ1) is 8.33. The Balaban J connectivity index is 1.65. The lowest BCUT2D eigenvalue weighted by molar-refractivity contribution is 0.0617. The van der Waals surface area contributed by atoms with E-state index in [1.807, 2.05) is 7.11 Å². The van der Waals surface area contributed by atoms with Crippen molar-refractivity contribution in [3.63, 3.8) is 0 Å². The third-order valence-electron chi connectivity index (χ3n) is 4.55. The molecule has 3 nitrogen and oxygen atoms in total. The van der Waals surface area contributed by atoms with E-state index in [0.29, 0.717) is 6.10 Å². The highest BCUT2D eigenvalue weighted by Crippen LogP contribution is 2.21. The normalized spacial score (nSPS) is 35.3. The summed E-state index contributed by atoms with van der Waals surface area (Å²) in [6.07, 6.45) is 8.33. The van der Waals surface area contributed by atoms with Crippen LogP contribution in [-0.4, -0.2) is 49.8 Å². The molecule has 0 spiro atoms. The monoisotopic (exact) mass is 240 g/mol. The number of hydrogen-bond acceptors (Lipinski definition) is 3. The quantitative estimate of drug-likeness (QED) is 0.795. The van der Waals surface area contributed by atoms with Crippen LogP contribution < -0.4 is 5.32 Å². The van der Waals surface area contributed by atoms with Crippen molar-refractivity contribution in [2.45, 2.75) is 63.6 Å². The summed E-state index contributed by atoms with van der Waals surface area (Å²) >= 11 is 0. The molecule has 2 fully saturated rings. The van der Waals surface area contributed by atoms with Gasteiger partial charge in [0.05, 0.1) is 6.10 Å². The number of rotatable bonds is 5. The Hall–Kier alpha value is -0.120. The Morgan fingerprint density at radius 2 is 1.94 bits per heavy atom. The average Bonchev–Trinajstić information content (AvgIpc) is 2.84. The van der Waals surface area contributed by atoms with E-state index in [4.69, 9.17) is 4.74 Å². The molecular weight excluding hydrogens is 212 g/mol. The molecule has 1 unspecified atom stereocenters. The Labute approximate surface area is 106 Å². The lowest BCUT2D eigenvalue weighted by Crippen LogP contribution is -2.43. The van der Waals surface area contributed by atoms with Crippen LogP contribution >= 0.6 is 0 Å². The summed E-state index contributed by atoms with van der Waals surface area (Å²) in [5.74, 6) is 0. The van der Waals surface area contributed by atoms with E-state index in [2.05, 4.69) is 17.1 Å². The molecular formula is C14H28N2O. The fraction of sp³-hybridized carbons (Fsp3) is 1.00. The number of hydrogen-bond donors (Lipinski definition) is 1. The van der Waals surface area contributed by atoms with E-state index in [0.717, 1.165) is 12.1 Å². The van der Waals surface area contributed by atoms with Gasteiger partial charge in [-0.05, 0) is 51.6 Å². The zero-order chi connectivity index (χ0) is 12.1. The van der Waals surface area contributed by atoms with Crippen molar-refractivity contribution in [1.82, 2.24) is 10.2 Å². The highest BCUT2D eigenvalue weighted by molar-refractivity contribution is 4.83. The molecule has 1 N–H and O–H groups in total. The van der Waals surface area contributed by atoms with Crippen LogP contribution in [0.1, 0.15) is 45.4 Å². The molecule has 1 heterocycles. The van der Waals surface area contributed by atoms with Gasteiger partial charge in [0.2, 0.25) is 0 Å². The number of ether oxygens (including phenoxy) is 1. The van der Waals surface area contributed by atoms with Crippen LogP contribution in [0.4, 0.5) is 0 Å². The summed E-state index contributed by atoms with van der Waals surface area (Å²) in [7, 11) is 1.84. The van der Waals surface area contributed by atoms with Crippen LogP contribution in [0.2, 0.25) is 0 Å². The molecule has 1 atom stereocenters. The molecule has 1 saturated heterocycles. The molecule has 0 bridgehead atoms. The van der Waals surface area contributed by atoms with Gasteiger partial charge in [-0.2, -0.15) is 0 Å². The van der Waals surface area contributed by atoms with Crippen LogP contribution in [0, 0.1) is 0 Å². The summed E-state index contributed by atoms with van der Waals surface area (Å²) in [6, 6.07) is 1.53. The van der Waals surface area contributed by atoms with Gasteiger partial charge in [0.25, 0.3) is 0 Å². The van der Waals surface area contributed by atoms with Gasteiger partial charge in [0, 0.05) is 25.7 Å². The molecule has 0 radical (unpaired) electrons. The average molecular weight is 240 g/mol. The topological polar surface area (TPSA) is 24.5 Å². The fourth-order valence-electron chi connectivity index (χ4n) is 3.35. The molecule has 0 aromatic heterocycles. The zero-order valence-corrected chi connectivity index (χ0v) is 11.5. The van der Waals surface area contributed by atoms with Crippen LogP contribution in [0.25, 0.3) is 0 Å². The molecule has 1 saturated carbocycles. The first kappa shape index (κ1) is 13.3. The van der Waals surface area contributed by atoms with Crippen LogP contribution in [0.5, 0.6) is 0 Å². The minimum absolute atomic E-state index is 0.520. The SMILES string of the molecule is CCN1CCCC1CNC1CCC(OC)CC1. The maximum Gasteiger partial charge on any atom is 0.0572 e. The summed E-state index contributed by atoms with van der Waals surface area (Å²) in [4.78, 5) is 2.62. The van der Waals surface area contributed by atoms with Crippen molar-refractivity contribution in [3.05, 3.63) is 0 Å². The van der Waals surface area contributed by atoms with E-state index in [1.54, 1.807) is 0 Å². The fourth-order valence-corrected chi connectivity index (χ4v) is 3.35. The van der Waals surface area contributed by atoms with Gasteiger partial charge < -0.3 is 10.1 Å². The predicted molar refractivity (Wildman–Crippen MR) is 71.3 cm³/mol. The minimum atomic E-state index is 0.520. The van der Waals surface area contributed by atoms with Gasteiger partial charge in [-0.1, -0.05) is 6.92 Å². The molecule has 0 aromatic rings. The highest BCUT2D eigenvalue weighted by atomic mass is 16.5. The van der Waals surface area contributed by atoms with E-state index in [9.17, 15) is 0 Å². The lowest BCUT2D eigenvalue weighted by Gasteiger charge is -2.31. The molecule has 1 aliphatic heterocycles. The smallest absolute Gasteiger partial charge is 0.0572 e. The van der Waals surface area contributed by atoms with Crippen LogP contribution in [0.15, 0.2) is 0 Å². The highest BCUT2D eigenvalue weighted by Gasteiger charge is 2.25. The van der Waals surface area contributed by atoms with Crippen molar-refractivity contribution in [2.24, 2.45) is 0 Å². The van der Waals surface area contributed by atoms with E-state index in [1.165, 1.54) is 58.2 Å². The van der Waals surface area contributed by atoms with Crippen molar-refractivity contribution in [1.29, 1.82) is 0 Å². The standard InChI is InChI=1S/C14H28N2O/c1-3-16-10-4-5-13(16)11-15-12-6-8-14(17-2)9-7-12/h12-15H,3-11H2,1-2H3. The second kappa shape index (κ2) is 6.72. The van der Waals surface area contributed by atoms with Gasteiger partial charge in [-0.25, -0.2) is 0 Å². The molecule has 0 aromatic carbocycles. The van der Waals surface area contributed by atoms with Gasteiger partial charge in [-0.15, -0.1) is 0 Å². The van der Waals surface area contributed by atoms with Crippen molar-refractivity contribution in [3.8, 4) is 0 Å². The van der Waals surface area contributed by atoms with Crippen molar-refractivity contribution < 1.29 is 4.74 Å². The third kappa shape index (κ3) is 3.67. The summed E-state index contributed by atoms with van der Waals surface area (Å²) in [5.41, 5.74) is 0. The van der Waals surface area contributed by atoms with E-state index in [-0.39, 0.29) is 0 Å². The summed E-state index contributed by atoms with van der Waals surface area (Å²) in [6.45, 7) is 5.99. The minimum Gasteiger partial charge on any atom is -0.381 e. The molecule has 100 valence electrons. The molecule has 2 aliphatic rings. The largest absolute Gasteiger partial charge is 0.381 e. The van der Waals surface area contributed by atoms with Crippen LogP contribution in [0.3, 0.4) is 0 Å². The lowest BCUT2D eigenvalue weighted by atomic mass is 9.93. The van der Waals surface area contributed by atoms with Crippen molar-refractivity contribution >= 4 is 0 Å². The number of methoxy groups -OCH3 is 1. The Morgan fingerprint density at radius 1 is 1.18 bits per heavy atom. The predicted octanol–water partition coefficient (Wildman–Crippen LogP) is 2.02.